The Hall–Kier alpha value is -3.10. The third-order valence-corrected chi connectivity index (χ3v) is 6.96. The van der Waals surface area contributed by atoms with Crippen LogP contribution in [0.1, 0.15) is 27.5 Å². The van der Waals surface area contributed by atoms with Crippen LogP contribution in [-0.2, 0) is 9.84 Å². The van der Waals surface area contributed by atoms with Gasteiger partial charge in [-0.2, -0.15) is 0 Å². The summed E-state index contributed by atoms with van der Waals surface area (Å²) in [5.74, 6) is -0.882. The van der Waals surface area contributed by atoms with Gasteiger partial charge in [0, 0.05) is 38.0 Å². The first-order chi connectivity index (χ1) is 15.7. The number of carbonyl (C=O) groups excluding carboxylic acids is 1. The largest absolute Gasteiger partial charge is 0.336 e. The predicted octanol–water partition coefficient (Wildman–Crippen LogP) is 3.92. The third kappa shape index (κ3) is 5.29. The van der Waals surface area contributed by atoms with E-state index >= 15 is 0 Å². The fourth-order valence-electron chi connectivity index (χ4n) is 4.13. The van der Waals surface area contributed by atoms with E-state index in [1.807, 2.05) is 0 Å². The molecule has 3 aromatic rings. The molecule has 1 heterocycles. The van der Waals surface area contributed by atoms with Crippen LogP contribution in [0.25, 0.3) is 0 Å². The summed E-state index contributed by atoms with van der Waals surface area (Å²) in [6, 6.07) is 18.3. The number of sulfone groups is 1. The van der Waals surface area contributed by atoms with Crippen molar-refractivity contribution in [1.29, 1.82) is 0 Å². The number of amides is 1. The van der Waals surface area contributed by atoms with E-state index in [-0.39, 0.29) is 28.5 Å². The van der Waals surface area contributed by atoms with E-state index < -0.39 is 9.84 Å². The van der Waals surface area contributed by atoms with Gasteiger partial charge in [-0.3, -0.25) is 9.69 Å². The van der Waals surface area contributed by atoms with Gasteiger partial charge >= 0.3 is 0 Å². The van der Waals surface area contributed by atoms with Crippen molar-refractivity contribution in [2.45, 2.75) is 10.9 Å². The molecule has 33 heavy (non-hydrogen) atoms. The second kappa shape index (κ2) is 9.41. The Bertz CT molecular complexity index is 1190. The Labute approximate surface area is 192 Å². The predicted molar refractivity (Wildman–Crippen MR) is 122 cm³/mol. The van der Waals surface area contributed by atoms with Gasteiger partial charge in [-0.15, -0.1) is 0 Å². The van der Waals surface area contributed by atoms with Gasteiger partial charge in [-0.1, -0.05) is 30.3 Å². The van der Waals surface area contributed by atoms with Crippen LogP contribution in [0.3, 0.4) is 0 Å². The molecule has 1 amide bonds. The maximum atomic E-state index is 13.5. The molecule has 0 unspecified atom stereocenters. The Balaban J connectivity index is 1.53. The van der Waals surface area contributed by atoms with Crippen LogP contribution in [0, 0.1) is 11.6 Å². The molecule has 172 valence electrons. The molecule has 1 aliphatic rings. The molecule has 0 atom stereocenters. The van der Waals surface area contributed by atoms with Crippen LogP contribution in [-0.4, -0.2) is 56.6 Å². The van der Waals surface area contributed by atoms with Crippen LogP contribution >= 0.6 is 0 Å². The van der Waals surface area contributed by atoms with Gasteiger partial charge in [0.05, 0.1) is 10.9 Å². The number of halogens is 2. The molecule has 1 fully saturated rings. The summed E-state index contributed by atoms with van der Waals surface area (Å²) in [6.45, 7) is 2.00. The van der Waals surface area contributed by atoms with E-state index in [9.17, 15) is 22.0 Å². The molecular weight excluding hydrogens is 446 g/mol. The molecule has 5 nitrogen and oxygen atoms in total. The molecule has 1 aliphatic heterocycles. The maximum absolute atomic E-state index is 13.5. The highest BCUT2D eigenvalue weighted by Gasteiger charge is 2.29. The number of piperazine rings is 1. The summed E-state index contributed by atoms with van der Waals surface area (Å²) in [6.07, 6.45) is 1.11. The molecule has 3 aromatic carbocycles. The highest BCUT2D eigenvalue weighted by atomic mass is 32.2. The number of nitrogens with zero attached hydrogens (tertiary/aromatic N) is 2. The molecule has 0 saturated carbocycles. The second-order valence-electron chi connectivity index (χ2n) is 8.13. The van der Waals surface area contributed by atoms with Crippen molar-refractivity contribution in [1.82, 2.24) is 9.80 Å². The SMILES string of the molecule is CS(=O)(=O)c1cccc(C(=O)N2CCN(C(c3ccc(F)cc3)c3ccc(F)cc3)CC2)c1. The van der Waals surface area contributed by atoms with E-state index in [1.54, 1.807) is 41.3 Å². The molecular formula is C25H24F2N2O3S. The lowest BCUT2D eigenvalue weighted by Gasteiger charge is -2.39. The number of benzene rings is 3. The summed E-state index contributed by atoms with van der Waals surface area (Å²) in [4.78, 5) is 17.0. The van der Waals surface area contributed by atoms with Crippen LogP contribution in [0.5, 0.6) is 0 Å². The van der Waals surface area contributed by atoms with Crippen molar-refractivity contribution in [3.63, 3.8) is 0 Å². The van der Waals surface area contributed by atoms with Gasteiger partial charge in [-0.05, 0) is 53.6 Å². The van der Waals surface area contributed by atoms with Gasteiger partial charge in [0.15, 0.2) is 9.84 Å². The van der Waals surface area contributed by atoms with Crippen molar-refractivity contribution < 1.29 is 22.0 Å². The zero-order chi connectivity index (χ0) is 23.6. The maximum Gasteiger partial charge on any atom is 0.253 e. The van der Waals surface area contributed by atoms with Crippen LogP contribution in [0.2, 0.25) is 0 Å². The van der Waals surface area contributed by atoms with Gasteiger partial charge in [0.25, 0.3) is 5.91 Å². The smallest absolute Gasteiger partial charge is 0.253 e. The molecule has 0 N–H and O–H groups in total. The van der Waals surface area contributed by atoms with Gasteiger partial charge in [0.2, 0.25) is 0 Å². The number of carbonyl (C=O) groups is 1. The molecule has 4 rings (SSSR count). The number of hydrogen-bond donors (Lipinski definition) is 0. The minimum Gasteiger partial charge on any atom is -0.336 e. The Kier molecular flexibility index (Phi) is 6.58. The van der Waals surface area contributed by atoms with E-state index in [2.05, 4.69) is 4.90 Å². The summed E-state index contributed by atoms with van der Waals surface area (Å²) >= 11 is 0. The fourth-order valence-corrected chi connectivity index (χ4v) is 4.80. The van der Waals surface area contributed by atoms with Crippen molar-refractivity contribution in [3.05, 3.63) is 101 Å². The van der Waals surface area contributed by atoms with Gasteiger partial charge in [-0.25, -0.2) is 17.2 Å². The second-order valence-corrected chi connectivity index (χ2v) is 10.1. The third-order valence-electron chi connectivity index (χ3n) is 5.85. The van der Waals surface area contributed by atoms with E-state index in [1.165, 1.54) is 36.4 Å². The van der Waals surface area contributed by atoms with E-state index in [0.717, 1.165) is 17.4 Å². The summed E-state index contributed by atoms with van der Waals surface area (Å²) in [5.41, 5.74) is 2.09. The fraction of sp³-hybridized carbons (Fsp3) is 0.240. The zero-order valence-corrected chi connectivity index (χ0v) is 18.9. The normalized spacial score (nSPS) is 15.1. The lowest BCUT2D eigenvalue weighted by molar-refractivity contribution is 0.0597. The van der Waals surface area contributed by atoms with Crippen molar-refractivity contribution >= 4 is 15.7 Å². The molecule has 0 bridgehead atoms. The highest BCUT2D eigenvalue weighted by molar-refractivity contribution is 7.90. The zero-order valence-electron chi connectivity index (χ0n) is 18.1. The van der Waals surface area contributed by atoms with Gasteiger partial charge in [0.1, 0.15) is 11.6 Å². The molecule has 0 spiro atoms. The first kappa shape index (κ1) is 23.1. The number of rotatable bonds is 5. The van der Waals surface area contributed by atoms with E-state index in [4.69, 9.17) is 0 Å². The Morgan fingerprint density at radius 3 is 1.82 bits per heavy atom. The quantitative estimate of drug-likeness (QED) is 0.567. The van der Waals surface area contributed by atoms with E-state index in [0.29, 0.717) is 31.7 Å². The van der Waals surface area contributed by atoms with Gasteiger partial charge < -0.3 is 4.90 Å². The summed E-state index contributed by atoms with van der Waals surface area (Å²) < 4.78 is 50.7. The monoisotopic (exact) mass is 470 g/mol. The standard InChI is InChI=1S/C25H24F2N2O3S/c1-33(31,32)23-4-2-3-20(17-23)25(30)29-15-13-28(14-16-29)24(18-5-9-21(26)10-6-18)19-7-11-22(27)12-8-19/h2-12,17,24H,13-16H2,1H3. The lowest BCUT2D eigenvalue weighted by Crippen LogP contribution is -2.49. The lowest BCUT2D eigenvalue weighted by atomic mass is 9.96. The topological polar surface area (TPSA) is 57.7 Å². The van der Waals surface area contributed by atoms with Crippen molar-refractivity contribution in [2.24, 2.45) is 0 Å². The average Bonchev–Trinajstić information content (AvgIpc) is 2.81. The Morgan fingerprint density at radius 1 is 0.818 bits per heavy atom. The van der Waals surface area contributed by atoms with Crippen LogP contribution in [0.15, 0.2) is 77.7 Å². The minimum absolute atomic E-state index is 0.111. The molecule has 0 radical (unpaired) electrons. The average molecular weight is 471 g/mol. The minimum atomic E-state index is -3.41. The molecule has 1 saturated heterocycles. The molecule has 0 aromatic heterocycles. The van der Waals surface area contributed by atoms with Crippen LogP contribution in [0.4, 0.5) is 8.78 Å². The highest BCUT2D eigenvalue weighted by Crippen LogP contribution is 2.30. The van der Waals surface area contributed by atoms with Crippen molar-refractivity contribution in [3.8, 4) is 0 Å². The Morgan fingerprint density at radius 2 is 1.33 bits per heavy atom. The van der Waals surface area contributed by atoms with Crippen LogP contribution < -0.4 is 0 Å². The van der Waals surface area contributed by atoms with Crippen molar-refractivity contribution in [2.75, 3.05) is 32.4 Å². The first-order valence-corrected chi connectivity index (χ1v) is 12.5. The summed E-state index contributed by atoms with van der Waals surface area (Å²) in [7, 11) is -3.41. The molecule has 0 aliphatic carbocycles. The summed E-state index contributed by atoms with van der Waals surface area (Å²) in [5, 5.41) is 0. The molecule has 8 heteroatoms. The first-order valence-electron chi connectivity index (χ1n) is 10.6. The number of hydrogen-bond acceptors (Lipinski definition) is 4.